The number of hydrogen-bond acceptors (Lipinski definition) is 6. The van der Waals surface area contributed by atoms with Crippen molar-refractivity contribution in [2.75, 3.05) is 26.4 Å². The van der Waals surface area contributed by atoms with Gasteiger partial charge in [-0.3, -0.25) is 10.2 Å². The van der Waals surface area contributed by atoms with E-state index in [1.54, 1.807) is 30.3 Å². The zero-order valence-corrected chi connectivity index (χ0v) is 18.3. The van der Waals surface area contributed by atoms with E-state index in [1.807, 2.05) is 41.8 Å². The van der Waals surface area contributed by atoms with Gasteiger partial charge in [-0.1, -0.05) is 42.5 Å². The number of carbonyl (C=O) groups excluding carboxylic acids is 1. The maximum absolute atomic E-state index is 12.9. The zero-order valence-electron chi connectivity index (χ0n) is 18.3. The minimum atomic E-state index is -4.48. The number of nitrogens with zero attached hydrogens (tertiary/aromatic N) is 1. The van der Waals surface area contributed by atoms with Crippen molar-refractivity contribution >= 4 is 17.9 Å². The molecule has 3 N–H and O–H groups in total. The fraction of sp³-hybridized carbons (Fsp3) is 0.333. The second-order valence-corrected chi connectivity index (χ2v) is 7.63. The molecule has 0 saturated heterocycles. The lowest BCUT2D eigenvalue weighted by atomic mass is 9.95. The molecule has 1 aliphatic rings. The van der Waals surface area contributed by atoms with E-state index >= 15 is 0 Å². The van der Waals surface area contributed by atoms with Gasteiger partial charge in [0.1, 0.15) is 18.9 Å². The molecule has 0 spiro atoms. The van der Waals surface area contributed by atoms with Gasteiger partial charge in [0.05, 0.1) is 6.61 Å². The third-order valence-corrected chi connectivity index (χ3v) is 4.91. The molecule has 1 amide bonds. The van der Waals surface area contributed by atoms with Crippen molar-refractivity contribution < 1.29 is 32.5 Å². The molecule has 182 valence electrons. The fourth-order valence-corrected chi connectivity index (χ4v) is 3.15. The number of halogens is 3. The number of aliphatic imine (C=N–C) groups is 1. The summed E-state index contributed by atoms with van der Waals surface area (Å²) >= 11 is 0. The van der Waals surface area contributed by atoms with Crippen LogP contribution in [0.25, 0.3) is 6.08 Å². The molecule has 0 unspecified atom stereocenters. The third kappa shape index (κ3) is 7.32. The van der Waals surface area contributed by atoms with Crippen LogP contribution in [0.3, 0.4) is 0 Å². The van der Waals surface area contributed by atoms with Crippen LogP contribution < -0.4 is 15.6 Å². The summed E-state index contributed by atoms with van der Waals surface area (Å²) in [5, 5.41) is 8.84. The van der Waals surface area contributed by atoms with Crippen LogP contribution in [0.1, 0.15) is 24.0 Å². The van der Waals surface area contributed by atoms with E-state index in [1.165, 1.54) is 0 Å². The summed E-state index contributed by atoms with van der Waals surface area (Å²) in [6.07, 6.45) is -0.298. The number of carbonyl (C=O) groups is 1. The van der Waals surface area contributed by atoms with Crippen LogP contribution in [0.15, 0.2) is 65.7 Å². The van der Waals surface area contributed by atoms with Crippen LogP contribution in [0.4, 0.5) is 13.2 Å². The SMILES string of the molecule is O=C(NNCC(F)(F)F)[C@]1(C/C=C/c2ccccc2)COC(c2ccc(OCCCO)cc2)=N1. The van der Waals surface area contributed by atoms with Gasteiger partial charge >= 0.3 is 6.18 Å². The number of alkyl halides is 3. The number of amides is 1. The fourth-order valence-electron chi connectivity index (χ4n) is 3.15. The number of aliphatic hydroxyl groups is 1. The van der Waals surface area contributed by atoms with E-state index in [-0.39, 0.29) is 25.5 Å². The van der Waals surface area contributed by atoms with Crippen LogP contribution >= 0.6 is 0 Å². The Morgan fingerprint density at radius 2 is 1.91 bits per heavy atom. The van der Waals surface area contributed by atoms with Gasteiger partial charge in [-0.15, -0.1) is 0 Å². The van der Waals surface area contributed by atoms with E-state index in [9.17, 15) is 18.0 Å². The van der Waals surface area contributed by atoms with Gasteiger partial charge in [0.25, 0.3) is 5.91 Å². The van der Waals surface area contributed by atoms with Crippen molar-refractivity contribution in [2.24, 2.45) is 4.99 Å². The molecule has 7 nitrogen and oxygen atoms in total. The Labute approximate surface area is 195 Å². The topological polar surface area (TPSA) is 92.2 Å². The van der Waals surface area contributed by atoms with Gasteiger partial charge in [0.15, 0.2) is 5.54 Å². The number of hydrazine groups is 1. The van der Waals surface area contributed by atoms with Crippen molar-refractivity contribution in [1.82, 2.24) is 10.9 Å². The first-order chi connectivity index (χ1) is 16.3. The average Bonchev–Trinajstić information content (AvgIpc) is 3.25. The quantitative estimate of drug-likeness (QED) is 0.341. The monoisotopic (exact) mass is 477 g/mol. The summed E-state index contributed by atoms with van der Waals surface area (Å²) in [7, 11) is 0. The third-order valence-electron chi connectivity index (χ3n) is 4.91. The van der Waals surface area contributed by atoms with Gasteiger partial charge in [-0.2, -0.15) is 13.2 Å². The Kier molecular flexibility index (Phi) is 8.67. The molecule has 0 saturated carbocycles. The Morgan fingerprint density at radius 3 is 2.59 bits per heavy atom. The minimum Gasteiger partial charge on any atom is -0.494 e. The number of ether oxygens (including phenoxy) is 2. The number of benzene rings is 2. The van der Waals surface area contributed by atoms with Gasteiger partial charge in [-0.25, -0.2) is 10.4 Å². The highest BCUT2D eigenvalue weighted by molar-refractivity contribution is 6.00. The molecule has 3 rings (SSSR count). The maximum atomic E-state index is 12.9. The molecule has 2 aromatic carbocycles. The van der Waals surface area contributed by atoms with Crippen molar-refractivity contribution in [3.05, 3.63) is 71.8 Å². The summed E-state index contributed by atoms with van der Waals surface area (Å²) in [6.45, 7) is -1.10. The zero-order chi connectivity index (χ0) is 24.4. The van der Waals surface area contributed by atoms with E-state index < -0.39 is 24.2 Å². The van der Waals surface area contributed by atoms with Crippen LogP contribution in [0.5, 0.6) is 5.75 Å². The molecular formula is C24H26F3N3O4. The van der Waals surface area contributed by atoms with Crippen molar-refractivity contribution in [3.63, 3.8) is 0 Å². The van der Waals surface area contributed by atoms with Gasteiger partial charge in [0, 0.05) is 25.0 Å². The molecule has 34 heavy (non-hydrogen) atoms. The molecule has 0 aromatic heterocycles. The molecule has 1 atom stereocenters. The first-order valence-corrected chi connectivity index (χ1v) is 10.7. The Morgan fingerprint density at radius 1 is 1.18 bits per heavy atom. The highest BCUT2D eigenvalue weighted by Gasteiger charge is 2.44. The Balaban J connectivity index is 1.76. The molecule has 0 bridgehead atoms. The minimum absolute atomic E-state index is 0.0312. The molecule has 10 heteroatoms. The summed E-state index contributed by atoms with van der Waals surface area (Å²) in [4.78, 5) is 17.3. The van der Waals surface area contributed by atoms with E-state index in [2.05, 4.69) is 10.4 Å². The number of rotatable bonds is 11. The molecule has 1 aliphatic heterocycles. The standard InChI is InChI=1S/C24H26F3N3O4/c25-24(26,27)16-28-30-22(32)23(13-4-8-18-6-2-1-3-7-18)17-34-21(29-23)19-9-11-20(12-10-19)33-15-5-14-31/h1-4,6-12,28,31H,5,13-17H2,(H,30,32)/b8-4+/t23-/m0/s1. The van der Waals surface area contributed by atoms with E-state index in [0.29, 0.717) is 24.3 Å². The van der Waals surface area contributed by atoms with Crippen molar-refractivity contribution in [3.8, 4) is 5.75 Å². The number of nitrogens with one attached hydrogen (secondary N) is 2. The highest BCUT2D eigenvalue weighted by Crippen LogP contribution is 2.28. The predicted molar refractivity (Wildman–Crippen MR) is 121 cm³/mol. The molecule has 0 radical (unpaired) electrons. The number of hydrogen-bond donors (Lipinski definition) is 3. The predicted octanol–water partition coefficient (Wildman–Crippen LogP) is 3.25. The first kappa shape index (κ1) is 25.3. The molecular weight excluding hydrogens is 451 g/mol. The average molecular weight is 477 g/mol. The van der Waals surface area contributed by atoms with Crippen LogP contribution in [-0.2, 0) is 9.53 Å². The number of aliphatic hydroxyl groups excluding tert-OH is 1. The first-order valence-electron chi connectivity index (χ1n) is 10.7. The lowest BCUT2D eigenvalue weighted by molar-refractivity contribution is -0.135. The van der Waals surface area contributed by atoms with Crippen molar-refractivity contribution in [1.29, 1.82) is 0 Å². The summed E-state index contributed by atoms with van der Waals surface area (Å²) in [5.41, 5.74) is 4.10. The largest absolute Gasteiger partial charge is 0.494 e. The summed E-state index contributed by atoms with van der Waals surface area (Å²) in [6, 6.07) is 16.2. The van der Waals surface area contributed by atoms with Crippen molar-refractivity contribution in [2.45, 2.75) is 24.6 Å². The lowest BCUT2D eigenvalue weighted by Gasteiger charge is -2.22. The molecule has 2 aromatic rings. The normalized spacial score (nSPS) is 17.9. The Bertz CT molecular complexity index is 995. The second-order valence-electron chi connectivity index (χ2n) is 7.63. The summed E-state index contributed by atoms with van der Waals surface area (Å²) < 4.78 is 48.6. The van der Waals surface area contributed by atoms with Crippen LogP contribution in [0.2, 0.25) is 0 Å². The van der Waals surface area contributed by atoms with Gasteiger partial charge in [-0.05, 0) is 29.8 Å². The second kappa shape index (κ2) is 11.7. The van der Waals surface area contributed by atoms with E-state index in [4.69, 9.17) is 14.6 Å². The van der Waals surface area contributed by atoms with Crippen LogP contribution in [0, 0.1) is 0 Å². The van der Waals surface area contributed by atoms with Gasteiger partial charge in [0.2, 0.25) is 5.90 Å². The highest BCUT2D eigenvalue weighted by atomic mass is 19.4. The smallest absolute Gasteiger partial charge is 0.402 e. The Hall–Kier alpha value is -3.37. The molecule has 0 fully saturated rings. The van der Waals surface area contributed by atoms with Crippen LogP contribution in [-0.4, -0.2) is 55.0 Å². The van der Waals surface area contributed by atoms with E-state index in [0.717, 1.165) is 5.56 Å². The molecule has 1 heterocycles. The van der Waals surface area contributed by atoms with Gasteiger partial charge < -0.3 is 14.6 Å². The maximum Gasteiger partial charge on any atom is 0.402 e. The summed E-state index contributed by atoms with van der Waals surface area (Å²) in [5.74, 6) is 0.0800. The lowest BCUT2D eigenvalue weighted by Crippen LogP contribution is -2.53. The molecule has 0 aliphatic carbocycles.